The molecule has 23 heavy (non-hydrogen) atoms. The predicted molar refractivity (Wildman–Crippen MR) is 84.1 cm³/mol. The molecule has 122 valence electrons. The molecule has 1 aliphatic heterocycles. The molecule has 0 amide bonds. The SMILES string of the molecule is CN1CCC[C@H](c2cccc(-c3cccc(C(F)(F)F)c3)n2)C1. The number of hydrogen-bond acceptors (Lipinski definition) is 2. The molecule has 0 aliphatic carbocycles. The fourth-order valence-corrected chi connectivity index (χ4v) is 3.10. The van der Waals surface area contributed by atoms with E-state index >= 15 is 0 Å². The molecule has 0 saturated carbocycles. The molecular formula is C18H19F3N2. The number of halogens is 3. The van der Waals surface area contributed by atoms with Gasteiger partial charge in [0.25, 0.3) is 0 Å². The number of aromatic nitrogens is 1. The molecule has 1 fully saturated rings. The van der Waals surface area contributed by atoms with Crippen molar-refractivity contribution in [1.29, 1.82) is 0 Å². The van der Waals surface area contributed by atoms with Crippen molar-refractivity contribution < 1.29 is 13.2 Å². The van der Waals surface area contributed by atoms with E-state index in [4.69, 9.17) is 0 Å². The van der Waals surface area contributed by atoms with Crippen molar-refractivity contribution in [3.63, 3.8) is 0 Å². The van der Waals surface area contributed by atoms with Gasteiger partial charge in [-0.3, -0.25) is 4.98 Å². The van der Waals surface area contributed by atoms with Crippen LogP contribution in [0.4, 0.5) is 13.2 Å². The van der Waals surface area contributed by atoms with Crippen molar-refractivity contribution in [3.8, 4) is 11.3 Å². The van der Waals surface area contributed by atoms with Crippen molar-refractivity contribution >= 4 is 0 Å². The summed E-state index contributed by atoms with van der Waals surface area (Å²) in [5.74, 6) is 0.347. The predicted octanol–water partition coefficient (Wildman–Crippen LogP) is 4.58. The molecule has 2 heterocycles. The first kappa shape index (κ1) is 16.0. The smallest absolute Gasteiger partial charge is 0.306 e. The second kappa shape index (κ2) is 6.32. The van der Waals surface area contributed by atoms with Crippen LogP contribution in [0.5, 0.6) is 0 Å². The van der Waals surface area contributed by atoms with E-state index in [1.807, 2.05) is 12.1 Å². The highest BCUT2D eigenvalue weighted by molar-refractivity contribution is 5.60. The number of benzene rings is 1. The summed E-state index contributed by atoms with van der Waals surface area (Å²) in [6, 6.07) is 11.0. The molecule has 5 heteroatoms. The molecule has 2 nitrogen and oxygen atoms in total. The average molecular weight is 320 g/mol. The molecule has 0 radical (unpaired) electrons. The van der Waals surface area contributed by atoms with E-state index in [1.165, 1.54) is 12.1 Å². The van der Waals surface area contributed by atoms with Crippen LogP contribution in [0, 0.1) is 0 Å². The lowest BCUT2D eigenvalue weighted by Gasteiger charge is -2.29. The molecule has 2 aromatic rings. The van der Waals surface area contributed by atoms with Gasteiger partial charge in [-0.05, 0) is 50.7 Å². The van der Waals surface area contributed by atoms with Crippen LogP contribution in [0.3, 0.4) is 0 Å². The summed E-state index contributed by atoms with van der Waals surface area (Å²) >= 11 is 0. The largest absolute Gasteiger partial charge is 0.416 e. The minimum Gasteiger partial charge on any atom is -0.306 e. The highest BCUT2D eigenvalue weighted by Gasteiger charge is 2.30. The van der Waals surface area contributed by atoms with E-state index in [-0.39, 0.29) is 0 Å². The van der Waals surface area contributed by atoms with Crippen LogP contribution in [0.2, 0.25) is 0 Å². The second-order valence-corrected chi connectivity index (χ2v) is 6.13. The van der Waals surface area contributed by atoms with E-state index in [1.54, 1.807) is 12.1 Å². The van der Waals surface area contributed by atoms with Crippen LogP contribution in [-0.2, 0) is 6.18 Å². The van der Waals surface area contributed by atoms with Gasteiger partial charge in [-0.15, -0.1) is 0 Å². The average Bonchev–Trinajstić information content (AvgIpc) is 2.54. The standard InChI is InChI=1S/C18H19F3N2/c1-23-10-4-6-14(12-23)17-9-3-8-16(22-17)13-5-2-7-15(11-13)18(19,20)21/h2-3,5,7-9,11,14H,4,6,10,12H2,1H3/t14-/m0/s1. The molecule has 3 rings (SSSR count). The monoisotopic (exact) mass is 320 g/mol. The van der Waals surface area contributed by atoms with Crippen LogP contribution in [-0.4, -0.2) is 30.0 Å². The highest BCUT2D eigenvalue weighted by Crippen LogP contribution is 2.32. The summed E-state index contributed by atoms with van der Waals surface area (Å²) in [6.07, 6.45) is -2.14. The number of rotatable bonds is 2. The van der Waals surface area contributed by atoms with Crippen molar-refractivity contribution in [1.82, 2.24) is 9.88 Å². The Morgan fingerprint density at radius 1 is 1.13 bits per heavy atom. The van der Waals surface area contributed by atoms with Gasteiger partial charge in [-0.1, -0.05) is 18.2 Å². The van der Waals surface area contributed by atoms with Gasteiger partial charge in [0.2, 0.25) is 0 Å². The number of likely N-dealkylation sites (tertiary alicyclic amines) is 1. The quantitative estimate of drug-likeness (QED) is 0.805. The molecule has 1 aromatic heterocycles. The molecule has 0 spiro atoms. The van der Waals surface area contributed by atoms with Crippen molar-refractivity contribution in [2.45, 2.75) is 24.9 Å². The van der Waals surface area contributed by atoms with Gasteiger partial charge in [0.05, 0.1) is 11.3 Å². The molecule has 1 atom stereocenters. The molecule has 1 saturated heterocycles. The van der Waals surface area contributed by atoms with Crippen molar-refractivity contribution in [2.24, 2.45) is 0 Å². The van der Waals surface area contributed by atoms with Crippen LogP contribution >= 0.6 is 0 Å². The Labute approximate surface area is 134 Å². The third-order valence-corrected chi connectivity index (χ3v) is 4.30. The van der Waals surface area contributed by atoms with E-state index in [0.717, 1.165) is 37.7 Å². The third-order valence-electron chi connectivity index (χ3n) is 4.30. The first-order valence-corrected chi connectivity index (χ1v) is 7.76. The first-order chi connectivity index (χ1) is 10.9. The van der Waals surface area contributed by atoms with Gasteiger partial charge >= 0.3 is 6.18 Å². The normalized spacial score (nSPS) is 19.7. The Hall–Kier alpha value is -1.88. The van der Waals surface area contributed by atoms with E-state index in [0.29, 0.717) is 17.2 Å². The lowest BCUT2D eigenvalue weighted by molar-refractivity contribution is -0.137. The Morgan fingerprint density at radius 2 is 1.91 bits per heavy atom. The fraction of sp³-hybridized carbons (Fsp3) is 0.389. The summed E-state index contributed by atoms with van der Waals surface area (Å²) in [6.45, 7) is 2.03. The van der Waals surface area contributed by atoms with E-state index in [2.05, 4.69) is 16.9 Å². The first-order valence-electron chi connectivity index (χ1n) is 7.76. The van der Waals surface area contributed by atoms with Gasteiger partial charge in [0.1, 0.15) is 0 Å². The van der Waals surface area contributed by atoms with Gasteiger partial charge in [-0.2, -0.15) is 13.2 Å². The maximum Gasteiger partial charge on any atom is 0.416 e. The Balaban J connectivity index is 1.91. The zero-order valence-electron chi connectivity index (χ0n) is 13.0. The number of hydrogen-bond donors (Lipinski definition) is 0. The number of likely N-dealkylation sites (N-methyl/N-ethyl adjacent to an activating group) is 1. The molecule has 0 unspecified atom stereocenters. The molecular weight excluding hydrogens is 301 g/mol. The highest BCUT2D eigenvalue weighted by atomic mass is 19.4. The molecule has 0 N–H and O–H groups in total. The second-order valence-electron chi connectivity index (χ2n) is 6.13. The van der Waals surface area contributed by atoms with E-state index < -0.39 is 11.7 Å². The van der Waals surface area contributed by atoms with E-state index in [9.17, 15) is 13.2 Å². The maximum absolute atomic E-state index is 12.9. The van der Waals surface area contributed by atoms with Crippen LogP contribution in [0.1, 0.15) is 30.0 Å². The van der Waals surface area contributed by atoms with Gasteiger partial charge in [0.15, 0.2) is 0 Å². The lowest BCUT2D eigenvalue weighted by Crippen LogP contribution is -2.31. The Kier molecular flexibility index (Phi) is 4.39. The molecule has 1 aliphatic rings. The molecule has 1 aromatic carbocycles. The Bertz CT molecular complexity index is 682. The maximum atomic E-state index is 12.9. The summed E-state index contributed by atoms with van der Waals surface area (Å²) in [7, 11) is 2.09. The van der Waals surface area contributed by atoms with Crippen LogP contribution in [0.15, 0.2) is 42.5 Å². The van der Waals surface area contributed by atoms with Crippen molar-refractivity contribution in [3.05, 3.63) is 53.7 Å². The number of piperidine rings is 1. The molecule has 0 bridgehead atoms. The minimum atomic E-state index is -4.33. The van der Waals surface area contributed by atoms with Gasteiger partial charge in [-0.25, -0.2) is 0 Å². The third kappa shape index (κ3) is 3.72. The summed E-state index contributed by atoms with van der Waals surface area (Å²) in [5, 5.41) is 0. The van der Waals surface area contributed by atoms with Gasteiger partial charge in [0, 0.05) is 23.7 Å². The topological polar surface area (TPSA) is 16.1 Å². The zero-order chi connectivity index (χ0) is 16.4. The van der Waals surface area contributed by atoms with Gasteiger partial charge < -0.3 is 4.90 Å². The number of nitrogens with zero attached hydrogens (tertiary/aromatic N) is 2. The minimum absolute atomic E-state index is 0.347. The summed E-state index contributed by atoms with van der Waals surface area (Å²) in [5.41, 5.74) is 1.43. The number of alkyl halides is 3. The lowest BCUT2D eigenvalue weighted by atomic mass is 9.94. The fourth-order valence-electron chi connectivity index (χ4n) is 3.10. The Morgan fingerprint density at radius 3 is 2.65 bits per heavy atom. The zero-order valence-corrected chi connectivity index (χ0v) is 13.0. The number of pyridine rings is 1. The summed E-state index contributed by atoms with van der Waals surface area (Å²) < 4.78 is 38.6. The van der Waals surface area contributed by atoms with Crippen LogP contribution < -0.4 is 0 Å². The summed E-state index contributed by atoms with van der Waals surface area (Å²) in [4.78, 5) is 6.90. The van der Waals surface area contributed by atoms with Crippen molar-refractivity contribution in [2.75, 3.05) is 20.1 Å². The van der Waals surface area contributed by atoms with Crippen LogP contribution in [0.25, 0.3) is 11.3 Å².